The van der Waals surface area contributed by atoms with E-state index in [9.17, 15) is 4.79 Å². The van der Waals surface area contributed by atoms with Crippen molar-refractivity contribution in [2.24, 2.45) is 5.92 Å². The van der Waals surface area contributed by atoms with Gasteiger partial charge in [-0.25, -0.2) is 0 Å². The van der Waals surface area contributed by atoms with Crippen molar-refractivity contribution in [2.45, 2.75) is 37.4 Å². The zero-order valence-electron chi connectivity index (χ0n) is 15.4. The van der Waals surface area contributed by atoms with Crippen LogP contribution in [0.3, 0.4) is 0 Å². The van der Waals surface area contributed by atoms with E-state index in [0.29, 0.717) is 12.8 Å². The molecule has 2 aliphatic rings. The molecular formula is C23H24O4. The van der Waals surface area contributed by atoms with Crippen LogP contribution in [0.1, 0.15) is 36.2 Å². The molecule has 0 saturated carbocycles. The third kappa shape index (κ3) is 4.03. The number of hydrogen-bond donors (Lipinski definition) is 0. The van der Waals surface area contributed by atoms with Crippen molar-refractivity contribution in [1.29, 1.82) is 0 Å². The van der Waals surface area contributed by atoms with Gasteiger partial charge in [-0.05, 0) is 17.2 Å². The lowest BCUT2D eigenvalue weighted by Gasteiger charge is -2.40. The fraction of sp³-hybridized carbons (Fsp3) is 0.348. The van der Waals surface area contributed by atoms with Crippen LogP contribution in [-0.4, -0.2) is 25.3 Å². The zero-order valence-corrected chi connectivity index (χ0v) is 15.4. The van der Waals surface area contributed by atoms with Crippen LogP contribution in [0.25, 0.3) is 0 Å². The Morgan fingerprint density at radius 3 is 2.07 bits per heavy atom. The van der Waals surface area contributed by atoms with Gasteiger partial charge in [0.1, 0.15) is 12.2 Å². The Bertz CT molecular complexity index is 787. The number of carbonyl (C=O) groups is 1. The van der Waals surface area contributed by atoms with E-state index >= 15 is 0 Å². The van der Waals surface area contributed by atoms with Crippen LogP contribution in [-0.2, 0) is 19.0 Å². The summed E-state index contributed by atoms with van der Waals surface area (Å²) in [7, 11) is 1.65. The maximum absolute atomic E-state index is 11.9. The first-order valence-electron chi connectivity index (χ1n) is 9.39. The van der Waals surface area contributed by atoms with Gasteiger partial charge < -0.3 is 14.2 Å². The van der Waals surface area contributed by atoms with E-state index in [0.717, 1.165) is 11.1 Å². The molecule has 1 aliphatic carbocycles. The number of ketones is 1. The second-order valence-electron chi connectivity index (χ2n) is 7.09. The van der Waals surface area contributed by atoms with Gasteiger partial charge in [0.15, 0.2) is 12.1 Å². The maximum Gasteiger partial charge on any atom is 0.158 e. The Hall–Kier alpha value is -2.27. The SMILES string of the molecule is CO[C@@H]1C[C@H]2CC(=O)C=C[C@H]2O[C@@H](c2ccccc2)[C@H](c2ccccc2)O1. The molecule has 140 valence electrons. The summed E-state index contributed by atoms with van der Waals surface area (Å²) in [6.07, 6.45) is 3.50. The lowest BCUT2D eigenvalue weighted by molar-refractivity contribution is -0.229. The van der Waals surface area contributed by atoms with Gasteiger partial charge >= 0.3 is 0 Å². The van der Waals surface area contributed by atoms with Gasteiger partial charge in [-0.3, -0.25) is 4.79 Å². The predicted octanol–water partition coefficient (Wildman–Crippen LogP) is 4.39. The van der Waals surface area contributed by atoms with Gasteiger partial charge in [-0.2, -0.15) is 0 Å². The fourth-order valence-corrected chi connectivity index (χ4v) is 3.90. The summed E-state index contributed by atoms with van der Waals surface area (Å²) in [5.74, 6) is 0.182. The number of fused-ring (bicyclic) bond motifs is 1. The van der Waals surface area contributed by atoms with Crippen LogP contribution < -0.4 is 0 Å². The van der Waals surface area contributed by atoms with E-state index < -0.39 is 6.29 Å². The van der Waals surface area contributed by atoms with Crippen molar-refractivity contribution >= 4 is 5.78 Å². The van der Waals surface area contributed by atoms with Gasteiger partial charge in [0.25, 0.3) is 0 Å². The third-order valence-electron chi connectivity index (χ3n) is 5.29. The molecule has 1 saturated heterocycles. The molecule has 4 heteroatoms. The van der Waals surface area contributed by atoms with E-state index in [1.54, 1.807) is 13.2 Å². The van der Waals surface area contributed by atoms with Crippen LogP contribution >= 0.6 is 0 Å². The fourth-order valence-electron chi connectivity index (χ4n) is 3.90. The molecule has 4 nitrogen and oxygen atoms in total. The first-order chi connectivity index (χ1) is 13.2. The number of rotatable bonds is 3. The Morgan fingerprint density at radius 1 is 0.889 bits per heavy atom. The smallest absolute Gasteiger partial charge is 0.158 e. The van der Waals surface area contributed by atoms with Gasteiger partial charge in [0, 0.05) is 25.9 Å². The van der Waals surface area contributed by atoms with Crippen LogP contribution in [0, 0.1) is 5.92 Å². The number of benzene rings is 2. The highest BCUT2D eigenvalue weighted by atomic mass is 16.7. The average Bonchev–Trinajstić information content (AvgIpc) is 2.70. The number of ether oxygens (including phenoxy) is 3. The molecule has 0 amide bonds. The standard InChI is InChI=1S/C23H24O4/c1-25-21-15-18-14-19(24)12-13-20(18)26-22(16-8-4-2-5-9-16)23(27-21)17-10-6-3-7-11-17/h2-13,18,20-23H,14-15H2,1H3/t18-,20-,21+,22+,23+/m1/s1. The van der Waals surface area contributed by atoms with E-state index in [1.807, 2.05) is 42.5 Å². The molecule has 0 aromatic heterocycles. The lowest BCUT2D eigenvalue weighted by Crippen LogP contribution is -2.38. The average molecular weight is 364 g/mol. The Kier molecular flexibility index (Phi) is 5.48. The highest BCUT2D eigenvalue weighted by Crippen LogP contribution is 2.42. The molecule has 5 atom stereocenters. The number of allylic oxidation sites excluding steroid dienone is 1. The van der Waals surface area contributed by atoms with Crippen LogP contribution in [0.2, 0.25) is 0 Å². The summed E-state index contributed by atoms with van der Waals surface area (Å²) in [4.78, 5) is 11.9. The zero-order chi connectivity index (χ0) is 18.6. The summed E-state index contributed by atoms with van der Waals surface area (Å²) < 4.78 is 18.6. The first-order valence-corrected chi connectivity index (χ1v) is 9.39. The lowest BCUT2D eigenvalue weighted by atomic mass is 9.86. The van der Waals surface area contributed by atoms with Gasteiger partial charge in [-0.1, -0.05) is 66.7 Å². The largest absolute Gasteiger partial charge is 0.363 e. The quantitative estimate of drug-likeness (QED) is 0.810. The minimum Gasteiger partial charge on any atom is -0.363 e. The summed E-state index contributed by atoms with van der Waals surface area (Å²) >= 11 is 0. The Balaban J connectivity index is 1.76. The molecule has 2 aromatic rings. The number of hydrogen-bond acceptors (Lipinski definition) is 4. The molecule has 1 heterocycles. The van der Waals surface area contributed by atoms with Gasteiger partial charge in [0.2, 0.25) is 0 Å². The van der Waals surface area contributed by atoms with Crippen LogP contribution in [0.4, 0.5) is 0 Å². The van der Waals surface area contributed by atoms with Crippen LogP contribution in [0.15, 0.2) is 72.8 Å². The highest BCUT2D eigenvalue weighted by Gasteiger charge is 2.39. The monoisotopic (exact) mass is 364 g/mol. The van der Waals surface area contributed by atoms with Crippen LogP contribution in [0.5, 0.6) is 0 Å². The second kappa shape index (κ2) is 8.17. The minimum absolute atomic E-state index is 0.0513. The summed E-state index contributed by atoms with van der Waals surface area (Å²) in [6.45, 7) is 0. The normalized spacial score (nSPS) is 31.0. The predicted molar refractivity (Wildman–Crippen MR) is 102 cm³/mol. The molecular weight excluding hydrogens is 340 g/mol. The van der Waals surface area contributed by atoms with E-state index in [1.165, 1.54) is 0 Å². The molecule has 0 unspecified atom stereocenters. The molecule has 0 N–H and O–H groups in total. The Morgan fingerprint density at radius 2 is 1.48 bits per heavy atom. The van der Waals surface area contributed by atoms with Crippen molar-refractivity contribution in [3.63, 3.8) is 0 Å². The van der Waals surface area contributed by atoms with Gasteiger partial charge in [0.05, 0.1) is 6.10 Å². The van der Waals surface area contributed by atoms with Gasteiger partial charge in [-0.15, -0.1) is 0 Å². The maximum atomic E-state index is 11.9. The molecule has 0 bridgehead atoms. The molecule has 27 heavy (non-hydrogen) atoms. The number of methoxy groups -OCH3 is 1. The van der Waals surface area contributed by atoms with Crippen molar-refractivity contribution < 1.29 is 19.0 Å². The number of carbonyl (C=O) groups excluding carboxylic acids is 1. The topological polar surface area (TPSA) is 44.8 Å². The summed E-state index contributed by atoms with van der Waals surface area (Å²) in [5, 5.41) is 0. The molecule has 0 spiro atoms. The first kappa shape index (κ1) is 18.1. The van der Waals surface area contributed by atoms with E-state index in [-0.39, 0.29) is 30.0 Å². The van der Waals surface area contributed by atoms with E-state index in [4.69, 9.17) is 14.2 Å². The van der Waals surface area contributed by atoms with Crippen molar-refractivity contribution in [1.82, 2.24) is 0 Å². The molecule has 0 radical (unpaired) electrons. The highest BCUT2D eigenvalue weighted by molar-refractivity contribution is 5.90. The van der Waals surface area contributed by atoms with Crippen molar-refractivity contribution in [3.8, 4) is 0 Å². The summed E-state index contributed by atoms with van der Waals surface area (Å²) in [6, 6.07) is 20.2. The second-order valence-corrected chi connectivity index (χ2v) is 7.09. The van der Waals surface area contributed by atoms with Crippen molar-refractivity contribution in [3.05, 3.63) is 83.9 Å². The molecule has 1 aliphatic heterocycles. The van der Waals surface area contributed by atoms with Crippen molar-refractivity contribution in [2.75, 3.05) is 7.11 Å². The molecule has 4 rings (SSSR count). The summed E-state index contributed by atoms with van der Waals surface area (Å²) in [5.41, 5.74) is 2.09. The minimum atomic E-state index is -0.392. The molecule has 2 aromatic carbocycles. The molecule has 1 fully saturated rings. The Labute approximate surface area is 159 Å². The third-order valence-corrected chi connectivity index (χ3v) is 5.29. The van der Waals surface area contributed by atoms with E-state index in [2.05, 4.69) is 24.3 Å².